The summed E-state index contributed by atoms with van der Waals surface area (Å²) in [6.07, 6.45) is 0. The van der Waals surface area contributed by atoms with Gasteiger partial charge in [-0.3, -0.25) is 0 Å². The zero-order chi connectivity index (χ0) is 5.70. The van der Waals surface area contributed by atoms with E-state index >= 15 is 0 Å². The topological polar surface area (TPSA) is 0 Å². The van der Waals surface area contributed by atoms with E-state index in [1.54, 1.807) is 0 Å². The summed E-state index contributed by atoms with van der Waals surface area (Å²) >= 11 is -0.403. The molecule has 0 atom stereocenters. The van der Waals surface area contributed by atoms with Gasteiger partial charge in [0, 0.05) is 35.9 Å². The number of hydrogen-bond acceptors (Lipinski definition) is 0. The Morgan fingerprint density at radius 3 is 0.647 bits per heavy atom. The molecule has 0 aromatic heterocycles. The summed E-state index contributed by atoms with van der Waals surface area (Å²) in [6.45, 7) is 7.01. The van der Waals surface area contributed by atoms with Crippen molar-refractivity contribution in [2.45, 2.75) is 34.9 Å². The predicted octanol–water partition coefficient (Wildman–Crippen LogP) is 5.91. The van der Waals surface area contributed by atoms with Gasteiger partial charge >= 0.3 is 52.8 Å². The smallest absolute Gasteiger partial charge is 0 e. The Hall–Kier alpha value is 4.15. The Kier molecular flexibility index (Phi) is 352. The zero-order valence-corrected chi connectivity index (χ0v) is 20.6. The maximum absolute atomic E-state index is 2.34. The van der Waals surface area contributed by atoms with E-state index in [1.165, 1.54) is 14.2 Å². The van der Waals surface area contributed by atoms with Crippen molar-refractivity contribution in [3.05, 3.63) is 0 Å². The summed E-state index contributed by atoms with van der Waals surface area (Å²) in [5.74, 6) is 0. The fraction of sp³-hybridized carbons (Fsp3) is 1.00. The Labute approximate surface area is 185 Å². The molecule has 0 aromatic carbocycles. The summed E-state index contributed by atoms with van der Waals surface area (Å²) < 4.78 is 4.56. The van der Waals surface area contributed by atoms with Gasteiger partial charge in [0.2, 0.25) is 0 Å². The van der Waals surface area contributed by atoms with Gasteiger partial charge in [-0.1, -0.05) is 0 Å². The van der Waals surface area contributed by atoms with Crippen LogP contribution in [0.5, 0.6) is 0 Å². The molecule has 0 spiro atoms. The quantitative estimate of drug-likeness (QED) is 0.419. The molecule has 0 fully saturated rings. The minimum atomic E-state index is -0.403. The minimum absolute atomic E-state index is 0. The van der Waals surface area contributed by atoms with Crippen molar-refractivity contribution in [2.24, 2.45) is 0 Å². The molecule has 0 aliphatic heterocycles. The van der Waals surface area contributed by atoms with Crippen LogP contribution in [-0.2, 0) is 36.4 Å². The molecule has 0 unspecified atom stereocenters. The molecule has 17 heavy (non-hydrogen) atoms. The van der Waals surface area contributed by atoms with Crippen LogP contribution in [0.1, 0.15) is 20.8 Å². The second-order valence-electron chi connectivity index (χ2n) is 1.81. The van der Waals surface area contributed by atoms with Crippen LogP contribution in [0.3, 0.4) is 0 Å². The van der Waals surface area contributed by atoms with Gasteiger partial charge in [0.05, 0.1) is 0 Å². The van der Waals surface area contributed by atoms with Gasteiger partial charge in [-0.15, -0.1) is 99.3 Å². The summed E-state index contributed by atoms with van der Waals surface area (Å²) in [5, 5.41) is 0. The average molecular weight is 505 g/mol. The largest absolute Gasteiger partial charge is 0.147 e. The van der Waals surface area contributed by atoms with E-state index in [9.17, 15) is 0 Å². The number of rotatable bonds is 3. The molecule has 0 heterocycles. The molecule has 4 radical (unpaired) electrons. The van der Waals surface area contributed by atoms with Crippen LogP contribution in [0.2, 0.25) is 14.2 Å². The molecule has 0 aromatic rings. The molecule has 0 amide bonds. The second kappa shape index (κ2) is 71.7. The molecule has 0 aliphatic rings. The van der Waals surface area contributed by atoms with E-state index < -0.39 is 17.9 Å². The van der Waals surface area contributed by atoms with Crippen molar-refractivity contribution >= 4 is 117 Å². The van der Waals surface area contributed by atoms with Gasteiger partial charge in [0.1, 0.15) is 0 Å². The van der Waals surface area contributed by atoms with E-state index in [1.807, 2.05) is 0 Å². The molecule has 0 aliphatic carbocycles. The third-order valence-corrected chi connectivity index (χ3v) is 6.18. The van der Waals surface area contributed by atoms with Crippen molar-refractivity contribution < 1.29 is 36.4 Å². The van der Waals surface area contributed by atoms with Gasteiger partial charge < -0.3 is 0 Å². The molecule has 0 bridgehead atoms. The maximum atomic E-state index is 2.34. The maximum Gasteiger partial charge on any atom is 0 e. The van der Waals surface area contributed by atoms with E-state index in [0.29, 0.717) is 0 Å². The standard InChI is InChI=1S/3C2H5.Al.8ClH.Ti.V/c3*1-2;;;;;;;;;;;/h3*1H2,2H3;;8*1H;;. The summed E-state index contributed by atoms with van der Waals surface area (Å²) in [6, 6.07) is 0. The first-order valence-corrected chi connectivity index (χ1v) is 6.49. The van der Waals surface area contributed by atoms with E-state index in [4.69, 9.17) is 0 Å². The van der Waals surface area contributed by atoms with Crippen molar-refractivity contribution in [3.63, 3.8) is 0 Å². The van der Waals surface area contributed by atoms with Crippen LogP contribution < -0.4 is 0 Å². The number of halogens is 8. The van der Waals surface area contributed by atoms with Gasteiger partial charge in [-0.05, 0) is 0 Å². The molecule has 0 nitrogen and oxygen atoms in total. The Morgan fingerprint density at radius 1 is 0.529 bits per heavy atom. The van der Waals surface area contributed by atoms with E-state index in [0.717, 1.165) is 0 Å². The van der Waals surface area contributed by atoms with Crippen LogP contribution in [0.25, 0.3) is 0 Å². The third-order valence-electron chi connectivity index (χ3n) is 1.50. The monoisotopic (exact) mass is 501 g/mol. The normalized spacial score (nSPS) is 3.71. The van der Waals surface area contributed by atoms with Gasteiger partial charge in [-0.25, -0.2) is 0 Å². The van der Waals surface area contributed by atoms with Crippen LogP contribution in [0.15, 0.2) is 0 Å². The molecule has 0 saturated carbocycles. The van der Waals surface area contributed by atoms with Crippen molar-refractivity contribution in [1.29, 1.82) is 0 Å². The average Bonchev–Trinajstić information content (AvgIpc) is 1.72. The SMILES string of the molecule is C[CH2][Ti]([CH2]C)[CH2]C.Cl.Cl.Cl.Cl.Cl.Cl.Cl.Cl.[Al].[V]. The number of hydrogen-bond donors (Lipinski definition) is 0. The Morgan fingerprint density at radius 2 is 0.647 bits per heavy atom. The fourth-order valence-corrected chi connectivity index (χ4v) is 3.09. The summed E-state index contributed by atoms with van der Waals surface area (Å²) in [5.41, 5.74) is 0. The Balaban J connectivity index is -0.00000000400. The molecular weight excluding hydrogens is 481 g/mol. The first-order chi connectivity index (χ1) is 3.35. The molecule has 0 N–H and O–H groups in total. The molecule has 0 rings (SSSR count). The van der Waals surface area contributed by atoms with E-state index in [-0.39, 0.29) is 135 Å². The van der Waals surface area contributed by atoms with Crippen LogP contribution in [0, 0.1) is 0 Å². The van der Waals surface area contributed by atoms with Crippen LogP contribution in [-0.4, -0.2) is 17.4 Å². The first kappa shape index (κ1) is 83.3. The van der Waals surface area contributed by atoms with Gasteiger partial charge in [-0.2, -0.15) is 0 Å². The fourth-order valence-electron chi connectivity index (χ4n) is 0.750. The minimum Gasteiger partial charge on any atom is -0.147 e. The second-order valence-corrected chi connectivity index (χ2v) is 7.47. The van der Waals surface area contributed by atoms with Crippen molar-refractivity contribution in [2.75, 3.05) is 0 Å². The van der Waals surface area contributed by atoms with Crippen LogP contribution >= 0.6 is 99.3 Å². The predicted molar refractivity (Wildman–Crippen MR) is 95.2 cm³/mol. The van der Waals surface area contributed by atoms with E-state index in [2.05, 4.69) is 20.8 Å². The van der Waals surface area contributed by atoms with Gasteiger partial charge in [0.15, 0.2) is 0 Å². The molecular formula is C6H23AlCl8TiV. The van der Waals surface area contributed by atoms with Gasteiger partial charge in [0.25, 0.3) is 0 Å². The molecule has 0 saturated heterocycles. The summed E-state index contributed by atoms with van der Waals surface area (Å²) in [4.78, 5) is 0. The van der Waals surface area contributed by atoms with Crippen LogP contribution in [0.4, 0.5) is 0 Å². The van der Waals surface area contributed by atoms with Crippen molar-refractivity contribution in [3.8, 4) is 0 Å². The molecule has 115 valence electrons. The van der Waals surface area contributed by atoms with Crippen molar-refractivity contribution in [1.82, 2.24) is 0 Å². The Bertz CT molecular complexity index is 51.5. The third kappa shape index (κ3) is 64.4. The first-order valence-electron chi connectivity index (χ1n) is 3.18. The summed E-state index contributed by atoms with van der Waals surface area (Å²) in [7, 11) is 0. The molecule has 11 heteroatoms. The zero-order valence-electron chi connectivity index (χ0n) is 9.91.